The molecule has 1 aromatic rings. The molecule has 0 aromatic heterocycles. The average molecular weight is 236 g/mol. The first kappa shape index (κ1) is 13.5. The minimum atomic E-state index is -0.470. The third kappa shape index (κ3) is 5.92. The predicted molar refractivity (Wildman–Crippen MR) is 67.7 cm³/mol. The summed E-state index contributed by atoms with van der Waals surface area (Å²) < 4.78 is 0. The topological polar surface area (TPSA) is 75.4 Å². The summed E-state index contributed by atoms with van der Waals surface area (Å²) in [7, 11) is 0. The van der Waals surface area contributed by atoms with E-state index < -0.39 is 5.54 Å². The maximum absolute atomic E-state index is 11.5. The molecule has 0 spiro atoms. The molecule has 0 radical (unpaired) electrons. The number of amides is 1. The zero-order valence-electron chi connectivity index (χ0n) is 10.4. The van der Waals surface area contributed by atoms with Crippen LogP contribution in [0.1, 0.15) is 25.8 Å². The standard InChI is InChI=1S/C13H20N2O2/c1-13(2,14)9-12(17)15-8-7-10-3-5-11(16)6-4-10/h3-6,16H,7-9,14H2,1-2H3,(H,15,17). The van der Waals surface area contributed by atoms with Crippen molar-refractivity contribution in [2.45, 2.75) is 32.2 Å². The molecule has 17 heavy (non-hydrogen) atoms. The van der Waals surface area contributed by atoms with Crippen molar-refractivity contribution in [3.05, 3.63) is 29.8 Å². The van der Waals surface area contributed by atoms with Gasteiger partial charge in [0.25, 0.3) is 0 Å². The number of hydrogen-bond acceptors (Lipinski definition) is 3. The third-order valence-corrected chi connectivity index (χ3v) is 2.29. The first-order valence-corrected chi connectivity index (χ1v) is 5.70. The lowest BCUT2D eigenvalue weighted by atomic mass is 10.0. The summed E-state index contributed by atoms with van der Waals surface area (Å²) in [5, 5.41) is 11.9. The van der Waals surface area contributed by atoms with Gasteiger partial charge in [0, 0.05) is 18.5 Å². The Bertz CT molecular complexity index is 366. The molecule has 94 valence electrons. The fourth-order valence-corrected chi connectivity index (χ4v) is 1.49. The first-order chi connectivity index (χ1) is 7.87. The summed E-state index contributed by atoms with van der Waals surface area (Å²) >= 11 is 0. The molecular formula is C13H20N2O2. The average Bonchev–Trinajstić information content (AvgIpc) is 2.18. The quantitative estimate of drug-likeness (QED) is 0.718. The van der Waals surface area contributed by atoms with Gasteiger partial charge in [-0.2, -0.15) is 0 Å². The Morgan fingerprint density at radius 1 is 1.35 bits per heavy atom. The van der Waals surface area contributed by atoms with Gasteiger partial charge in [0.05, 0.1) is 0 Å². The van der Waals surface area contributed by atoms with E-state index in [0.29, 0.717) is 13.0 Å². The Kier molecular flexibility index (Phi) is 4.52. The van der Waals surface area contributed by atoms with E-state index in [0.717, 1.165) is 12.0 Å². The van der Waals surface area contributed by atoms with Crippen LogP contribution in [0, 0.1) is 0 Å². The van der Waals surface area contributed by atoms with Crippen LogP contribution in [0.15, 0.2) is 24.3 Å². The summed E-state index contributed by atoms with van der Waals surface area (Å²) in [5.41, 5.74) is 6.36. The number of benzene rings is 1. The molecule has 0 saturated heterocycles. The van der Waals surface area contributed by atoms with Gasteiger partial charge >= 0.3 is 0 Å². The van der Waals surface area contributed by atoms with Crippen molar-refractivity contribution in [1.82, 2.24) is 5.32 Å². The van der Waals surface area contributed by atoms with Crippen LogP contribution in [-0.2, 0) is 11.2 Å². The SMILES string of the molecule is CC(C)(N)CC(=O)NCCc1ccc(O)cc1. The van der Waals surface area contributed by atoms with Gasteiger partial charge in [-0.25, -0.2) is 0 Å². The highest BCUT2D eigenvalue weighted by atomic mass is 16.3. The lowest BCUT2D eigenvalue weighted by Crippen LogP contribution is -2.39. The van der Waals surface area contributed by atoms with Gasteiger partial charge < -0.3 is 16.2 Å². The summed E-state index contributed by atoms with van der Waals surface area (Å²) in [6.45, 7) is 4.23. The number of rotatable bonds is 5. The van der Waals surface area contributed by atoms with Crippen LogP contribution in [0.3, 0.4) is 0 Å². The summed E-state index contributed by atoms with van der Waals surface area (Å²) in [6, 6.07) is 6.96. The van der Waals surface area contributed by atoms with Crippen LogP contribution in [0.25, 0.3) is 0 Å². The van der Waals surface area contributed by atoms with Gasteiger partial charge in [-0.15, -0.1) is 0 Å². The van der Waals surface area contributed by atoms with Gasteiger partial charge in [0.15, 0.2) is 0 Å². The van der Waals surface area contributed by atoms with E-state index >= 15 is 0 Å². The largest absolute Gasteiger partial charge is 0.508 e. The molecule has 1 aromatic carbocycles. The molecule has 4 heteroatoms. The summed E-state index contributed by atoms with van der Waals surface area (Å²) in [5.74, 6) is 0.221. The van der Waals surface area contributed by atoms with Crippen LogP contribution in [0.5, 0.6) is 5.75 Å². The second-order valence-electron chi connectivity index (χ2n) is 4.93. The smallest absolute Gasteiger partial charge is 0.221 e. The molecule has 0 aliphatic rings. The summed E-state index contributed by atoms with van der Waals surface area (Å²) in [4.78, 5) is 11.5. The highest BCUT2D eigenvalue weighted by Crippen LogP contribution is 2.09. The molecule has 0 aliphatic heterocycles. The third-order valence-electron chi connectivity index (χ3n) is 2.29. The van der Waals surface area contributed by atoms with Crippen molar-refractivity contribution in [2.75, 3.05) is 6.54 Å². The van der Waals surface area contributed by atoms with Crippen molar-refractivity contribution in [3.8, 4) is 5.75 Å². The Labute approximate surface area is 102 Å². The predicted octanol–water partition coefficient (Wildman–Crippen LogP) is 1.18. The van der Waals surface area contributed by atoms with E-state index in [9.17, 15) is 4.79 Å². The Balaban J connectivity index is 2.28. The maximum atomic E-state index is 11.5. The molecule has 4 N–H and O–H groups in total. The van der Waals surface area contributed by atoms with E-state index in [-0.39, 0.29) is 11.7 Å². The lowest BCUT2D eigenvalue weighted by Gasteiger charge is -2.17. The Morgan fingerprint density at radius 2 is 1.94 bits per heavy atom. The van der Waals surface area contributed by atoms with Crippen LogP contribution >= 0.6 is 0 Å². The number of nitrogens with two attached hydrogens (primary N) is 1. The fraction of sp³-hybridized carbons (Fsp3) is 0.462. The summed E-state index contributed by atoms with van der Waals surface area (Å²) in [6.07, 6.45) is 1.07. The minimum Gasteiger partial charge on any atom is -0.508 e. The second-order valence-corrected chi connectivity index (χ2v) is 4.93. The number of phenols is 1. The van der Waals surface area contributed by atoms with E-state index in [1.807, 2.05) is 26.0 Å². The van der Waals surface area contributed by atoms with E-state index in [1.54, 1.807) is 12.1 Å². The van der Waals surface area contributed by atoms with Gasteiger partial charge in [0.2, 0.25) is 5.91 Å². The molecule has 0 atom stereocenters. The van der Waals surface area contributed by atoms with E-state index in [2.05, 4.69) is 5.32 Å². The molecule has 1 rings (SSSR count). The van der Waals surface area contributed by atoms with Crippen LogP contribution < -0.4 is 11.1 Å². The number of hydrogen-bond donors (Lipinski definition) is 3. The molecule has 0 unspecified atom stereocenters. The molecule has 0 aliphatic carbocycles. The number of carbonyl (C=O) groups is 1. The fourth-order valence-electron chi connectivity index (χ4n) is 1.49. The molecule has 0 heterocycles. The zero-order valence-corrected chi connectivity index (χ0v) is 10.4. The van der Waals surface area contributed by atoms with Crippen molar-refractivity contribution in [2.24, 2.45) is 5.73 Å². The molecule has 4 nitrogen and oxygen atoms in total. The Morgan fingerprint density at radius 3 is 2.47 bits per heavy atom. The van der Waals surface area contributed by atoms with Crippen LogP contribution in [0.4, 0.5) is 0 Å². The van der Waals surface area contributed by atoms with E-state index in [1.165, 1.54) is 0 Å². The normalized spacial score (nSPS) is 11.2. The molecule has 1 amide bonds. The molecular weight excluding hydrogens is 216 g/mol. The van der Waals surface area contributed by atoms with Crippen molar-refractivity contribution in [1.29, 1.82) is 0 Å². The number of carbonyl (C=O) groups excluding carboxylic acids is 1. The molecule has 0 fully saturated rings. The van der Waals surface area contributed by atoms with Gasteiger partial charge in [-0.05, 0) is 38.0 Å². The van der Waals surface area contributed by atoms with Gasteiger partial charge in [-0.3, -0.25) is 4.79 Å². The van der Waals surface area contributed by atoms with Crippen molar-refractivity contribution >= 4 is 5.91 Å². The molecule has 0 bridgehead atoms. The highest BCUT2D eigenvalue weighted by molar-refractivity contribution is 5.77. The van der Waals surface area contributed by atoms with Gasteiger partial charge in [-0.1, -0.05) is 12.1 Å². The zero-order chi connectivity index (χ0) is 12.9. The highest BCUT2D eigenvalue weighted by Gasteiger charge is 2.15. The second kappa shape index (κ2) is 5.68. The number of aromatic hydroxyl groups is 1. The van der Waals surface area contributed by atoms with Crippen LogP contribution in [-0.4, -0.2) is 23.1 Å². The van der Waals surface area contributed by atoms with Gasteiger partial charge in [0.1, 0.15) is 5.75 Å². The number of phenolic OH excluding ortho intramolecular Hbond substituents is 1. The number of nitrogens with one attached hydrogen (secondary N) is 1. The lowest BCUT2D eigenvalue weighted by molar-refractivity contribution is -0.121. The van der Waals surface area contributed by atoms with Crippen molar-refractivity contribution < 1.29 is 9.90 Å². The Hall–Kier alpha value is -1.55. The first-order valence-electron chi connectivity index (χ1n) is 5.70. The molecule has 0 saturated carbocycles. The van der Waals surface area contributed by atoms with Crippen molar-refractivity contribution in [3.63, 3.8) is 0 Å². The maximum Gasteiger partial charge on any atom is 0.221 e. The van der Waals surface area contributed by atoms with Crippen LogP contribution in [0.2, 0.25) is 0 Å². The minimum absolute atomic E-state index is 0.0312. The van der Waals surface area contributed by atoms with E-state index in [4.69, 9.17) is 10.8 Å². The monoisotopic (exact) mass is 236 g/mol.